The number of aromatic nitrogens is 1. The topological polar surface area (TPSA) is 128 Å². The average molecular weight is 308 g/mol. The summed E-state index contributed by atoms with van der Waals surface area (Å²) in [6.45, 7) is 0.0543. The summed E-state index contributed by atoms with van der Waals surface area (Å²) in [6.07, 6.45) is 1.03. The van der Waals surface area contributed by atoms with Gasteiger partial charge in [0.25, 0.3) is 0 Å². The molecule has 0 spiro atoms. The smallest absolute Gasteiger partial charge is 0.388 e. The zero-order valence-corrected chi connectivity index (χ0v) is 11.6. The number of hydrogen-bond donors (Lipinski definition) is 2. The van der Waals surface area contributed by atoms with Crippen molar-refractivity contribution in [2.75, 3.05) is 5.73 Å². The standard InChI is InChI=1S/C12H12N4O4S/c13-11-10(6-7-14-12(11)16(17)18)21(19,20)15-8-9-4-2-1-3-5-9/h1-7,15H,8,13H2. The molecule has 2 rings (SSSR count). The molecule has 1 aromatic carbocycles. The van der Waals surface area contributed by atoms with Crippen LogP contribution in [-0.2, 0) is 16.6 Å². The van der Waals surface area contributed by atoms with E-state index < -0.39 is 26.5 Å². The molecule has 0 saturated carbocycles. The van der Waals surface area contributed by atoms with Gasteiger partial charge in [0.1, 0.15) is 11.1 Å². The summed E-state index contributed by atoms with van der Waals surface area (Å²) >= 11 is 0. The molecule has 0 radical (unpaired) electrons. The van der Waals surface area contributed by atoms with Crippen LogP contribution >= 0.6 is 0 Å². The highest BCUT2D eigenvalue weighted by Crippen LogP contribution is 2.25. The van der Waals surface area contributed by atoms with Gasteiger partial charge in [-0.25, -0.2) is 13.1 Å². The number of nitrogens with two attached hydrogens (primary N) is 1. The summed E-state index contributed by atoms with van der Waals surface area (Å²) < 4.78 is 26.7. The molecular formula is C12H12N4O4S. The van der Waals surface area contributed by atoms with Gasteiger partial charge in [-0.15, -0.1) is 0 Å². The highest BCUT2D eigenvalue weighted by atomic mass is 32.2. The van der Waals surface area contributed by atoms with Crippen molar-refractivity contribution in [2.24, 2.45) is 0 Å². The quantitative estimate of drug-likeness (QED) is 0.627. The second-order valence-corrected chi connectivity index (χ2v) is 5.85. The minimum atomic E-state index is -3.96. The molecule has 3 N–H and O–H groups in total. The average Bonchev–Trinajstić information content (AvgIpc) is 2.46. The van der Waals surface area contributed by atoms with Crippen LogP contribution in [0.4, 0.5) is 11.5 Å². The van der Waals surface area contributed by atoms with E-state index in [9.17, 15) is 18.5 Å². The lowest BCUT2D eigenvalue weighted by Gasteiger charge is -2.08. The highest BCUT2D eigenvalue weighted by molar-refractivity contribution is 7.89. The van der Waals surface area contributed by atoms with E-state index in [1.165, 1.54) is 0 Å². The first-order valence-corrected chi connectivity index (χ1v) is 7.32. The Labute approximate surface area is 120 Å². The first-order valence-electron chi connectivity index (χ1n) is 5.84. The van der Waals surface area contributed by atoms with Gasteiger partial charge in [-0.05, 0) is 15.5 Å². The zero-order valence-electron chi connectivity index (χ0n) is 10.8. The third-order valence-corrected chi connectivity index (χ3v) is 4.16. The van der Waals surface area contributed by atoms with Gasteiger partial charge >= 0.3 is 5.82 Å². The predicted octanol–water partition coefficient (Wildman–Crippen LogP) is 1.05. The van der Waals surface area contributed by atoms with Crippen LogP contribution in [0.25, 0.3) is 0 Å². The number of pyridine rings is 1. The normalized spacial score (nSPS) is 11.2. The number of nitrogen functional groups attached to an aromatic ring is 1. The lowest BCUT2D eigenvalue weighted by molar-refractivity contribution is -0.388. The highest BCUT2D eigenvalue weighted by Gasteiger charge is 2.25. The van der Waals surface area contributed by atoms with Gasteiger partial charge in [0.15, 0.2) is 5.69 Å². The minimum absolute atomic E-state index is 0.0543. The molecular weight excluding hydrogens is 296 g/mol. The molecule has 0 bridgehead atoms. The molecule has 0 aliphatic heterocycles. The molecule has 9 heteroatoms. The fourth-order valence-electron chi connectivity index (χ4n) is 1.68. The molecule has 0 aliphatic carbocycles. The maximum Gasteiger partial charge on any atom is 0.388 e. The SMILES string of the molecule is Nc1c(S(=O)(=O)NCc2ccccc2)ccnc1[N+](=O)[O-]. The van der Waals surface area contributed by atoms with Gasteiger partial charge in [-0.2, -0.15) is 0 Å². The Morgan fingerprint density at radius 2 is 1.90 bits per heavy atom. The third kappa shape index (κ3) is 3.33. The molecule has 2 aromatic rings. The number of hydrogen-bond acceptors (Lipinski definition) is 6. The summed E-state index contributed by atoms with van der Waals surface area (Å²) in [6, 6.07) is 9.98. The number of benzene rings is 1. The van der Waals surface area contributed by atoms with Crippen LogP contribution in [-0.4, -0.2) is 18.3 Å². The van der Waals surface area contributed by atoms with Gasteiger partial charge < -0.3 is 15.8 Å². The summed E-state index contributed by atoms with van der Waals surface area (Å²) in [5.41, 5.74) is 5.79. The Kier molecular flexibility index (Phi) is 4.15. The predicted molar refractivity (Wildman–Crippen MR) is 75.8 cm³/mol. The van der Waals surface area contributed by atoms with E-state index in [0.717, 1.165) is 17.8 Å². The van der Waals surface area contributed by atoms with Crippen LogP contribution in [0.15, 0.2) is 47.5 Å². The maximum atomic E-state index is 12.2. The number of rotatable bonds is 5. The summed E-state index contributed by atoms with van der Waals surface area (Å²) in [7, 11) is -3.96. The first-order chi connectivity index (χ1) is 9.92. The maximum absolute atomic E-state index is 12.2. The third-order valence-electron chi connectivity index (χ3n) is 2.70. The first kappa shape index (κ1) is 14.9. The van der Waals surface area contributed by atoms with Crippen LogP contribution in [0.3, 0.4) is 0 Å². The van der Waals surface area contributed by atoms with E-state index in [-0.39, 0.29) is 11.4 Å². The van der Waals surface area contributed by atoms with Gasteiger partial charge in [-0.1, -0.05) is 30.3 Å². The molecule has 0 saturated heterocycles. The van der Waals surface area contributed by atoms with Crippen LogP contribution in [0.5, 0.6) is 0 Å². The van der Waals surface area contributed by atoms with Crippen LogP contribution in [0.2, 0.25) is 0 Å². The molecule has 0 fully saturated rings. The van der Waals surface area contributed by atoms with Gasteiger partial charge in [0.2, 0.25) is 10.0 Å². The molecule has 110 valence electrons. The summed E-state index contributed by atoms with van der Waals surface area (Å²) in [5, 5.41) is 10.7. The van der Waals surface area contributed by atoms with Gasteiger partial charge in [0, 0.05) is 12.6 Å². The van der Waals surface area contributed by atoms with Crippen molar-refractivity contribution in [1.29, 1.82) is 0 Å². The number of nitrogens with one attached hydrogen (secondary N) is 1. The Bertz CT molecular complexity index is 762. The molecule has 0 amide bonds. The second kappa shape index (κ2) is 5.85. The lowest BCUT2D eigenvalue weighted by Crippen LogP contribution is -2.24. The van der Waals surface area contributed by atoms with E-state index in [0.29, 0.717) is 0 Å². The number of anilines is 1. The van der Waals surface area contributed by atoms with Crippen molar-refractivity contribution in [1.82, 2.24) is 9.71 Å². The molecule has 21 heavy (non-hydrogen) atoms. The fraction of sp³-hybridized carbons (Fsp3) is 0.0833. The molecule has 1 aromatic heterocycles. The van der Waals surface area contributed by atoms with E-state index in [1.807, 2.05) is 6.07 Å². The van der Waals surface area contributed by atoms with Gasteiger partial charge in [0.05, 0.1) is 0 Å². The number of nitro groups is 1. The van der Waals surface area contributed by atoms with E-state index in [2.05, 4.69) is 9.71 Å². The molecule has 8 nitrogen and oxygen atoms in total. The number of nitrogens with zero attached hydrogens (tertiary/aromatic N) is 2. The van der Waals surface area contributed by atoms with Crippen molar-refractivity contribution >= 4 is 21.5 Å². The minimum Gasteiger partial charge on any atom is -0.391 e. The van der Waals surface area contributed by atoms with Crippen molar-refractivity contribution in [2.45, 2.75) is 11.4 Å². The Morgan fingerprint density at radius 3 is 2.52 bits per heavy atom. The Hall–Kier alpha value is -2.52. The van der Waals surface area contributed by atoms with Gasteiger partial charge in [-0.3, -0.25) is 0 Å². The van der Waals surface area contributed by atoms with Crippen molar-refractivity contribution in [3.05, 3.63) is 58.3 Å². The largest absolute Gasteiger partial charge is 0.391 e. The van der Waals surface area contributed by atoms with Crippen molar-refractivity contribution in [3.63, 3.8) is 0 Å². The monoisotopic (exact) mass is 308 g/mol. The van der Waals surface area contributed by atoms with E-state index in [1.54, 1.807) is 24.3 Å². The fourth-order valence-corrected chi connectivity index (χ4v) is 2.81. The zero-order chi connectivity index (χ0) is 15.5. The molecule has 0 atom stereocenters. The van der Waals surface area contributed by atoms with E-state index >= 15 is 0 Å². The second-order valence-electron chi connectivity index (χ2n) is 4.11. The van der Waals surface area contributed by atoms with Crippen LogP contribution in [0, 0.1) is 10.1 Å². The van der Waals surface area contributed by atoms with Crippen molar-refractivity contribution < 1.29 is 13.3 Å². The van der Waals surface area contributed by atoms with Crippen LogP contribution < -0.4 is 10.5 Å². The summed E-state index contributed by atoms with van der Waals surface area (Å²) in [5.74, 6) is -0.683. The Balaban J connectivity index is 2.28. The molecule has 0 unspecified atom stereocenters. The Morgan fingerprint density at radius 1 is 1.24 bits per heavy atom. The van der Waals surface area contributed by atoms with E-state index in [4.69, 9.17) is 5.73 Å². The number of sulfonamides is 1. The molecule has 0 aliphatic rings. The lowest BCUT2D eigenvalue weighted by atomic mass is 10.2. The van der Waals surface area contributed by atoms with Crippen LogP contribution in [0.1, 0.15) is 5.56 Å². The molecule has 1 heterocycles. The summed E-state index contributed by atoms with van der Waals surface area (Å²) in [4.78, 5) is 13.0. The van der Waals surface area contributed by atoms with Crippen molar-refractivity contribution in [3.8, 4) is 0 Å².